The molecule has 0 radical (unpaired) electrons. The molecule has 108 valence electrons. The lowest BCUT2D eigenvalue weighted by Crippen LogP contribution is -2.04. The molecule has 0 spiro atoms. The van der Waals surface area contributed by atoms with E-state index in [1.807, 2.05) is 26.1 Å². The van der Waals surface area contributed by atoms with Gasteiger partial charge in [-0.25, -0.2) is 0 Å². The fourth-order valence-corrected chi connectivity index (χ4v) is 2.22. The maximum absolute atomic E-state index is 5.76. The minimum absolute atomic E-state index is 0.470. The summed E-state index contributed by atoms with van der Waals surface area (Å²) in [6.07, 6.45) is 2.28. The Morgan fingerprint density at radius 2 is 1.95 bits per heavy atom. The van der Waals surface area contributed by atoms with Crippen LogP contribution >= 0.6 is 0 Å². The van der Waals surface area contributed by atoms with Crippen LogP contribution in [0.15, 0.2) is 34.7 Å². The van der Waals surface area contributed by atoms with Gasteiger partial charge in [0.15, 0.2) is 0 Å². The zero-order chi connectivity index (χ0) is 14.4. The predicted molar refractivity (Wildman–Crippen MR) is 81.0 cm³/mol. The summed E-state index contributed by atoms with van der Waals surface area (Å²) in [4.78, 5) is 0. The number of aryl methyl sites for hydroxylation is 2. The lowest BCUT2D eigenvalue weighted by atomic mass is 10.1. The first-order valence-electron chi connectivity index (χ1n) is 7.17. The smallest absolute Gasteiger partial charge is 0.146 e. The zero-order valence-electron chi connectivity index (χ0n) is 12.5. The van der Waals surface area contributed by atoms with E-state index in [2.05, 4.69) is 30.4 Å². The average molecular weight is 273 g/mol. The highest BCUT2D eigenvalue weighted by molar-refractivity contribution is 5.28. The summed E-state index contributed by atoms with van der Waals surface area (Å²) in [7, 11) is 1.93. The molecule has 0 unspecified atom stereocenters. The van der Waals surface area contributed by atoms with Crippen molar-refractivity contribution in [2.45, 2.75) is 39.8 Å². The van der Waals surface area contributed by atoms with Crippen LogP contribution in [0.2, 0.25) is 0 Å². The van der Waals surface area contributed by atoms with Crippen LogP contribution in [0.4, 0.5) is 0 Å². The van der Waals surface area contributed by atoms with Crippen LogP contribution in [0.25, 0.3) is 0 Å². The molecule has 0 saturated heterocycles. The summed E-state index contributed by atoms with van der Waals surface area (Å²) in [5.41, 5.74) is 2.54. The van der Waals surface area contributed by atoms with Crippen molar-refractivity contribution in [3.63, 3.8) is 0 Å². The van der Waals surface area contributed by atoms with Gasteiger partial charge in [0, 0.05) is 12.1 Å². The summed E-state index contributed by atoms with van der Waals surface area (Å²) in [6.45, 7) is 5.46. The standard InChI is InChI=1S/C17H23NO2/c1-4-5-14-6-8-16(9-7-14)19-12-17-10-15(11-18-3)13(2)20-17/h6-10,18H,4-5,11-12H2,1-3H3. The highest BCUT2D eigenvalue weighted by Crippen LogP contribution is 2.18. The number of ether oxygens (including phenoxy) is 1. The third kappa shape index (κ3) is 3.87. The summed E-state index contributed by atoms with van der Waals surface area (Å²) < 4.78 is 11.4. The molecule has 0 bridgehead atoms. The van der Waals surface area contributed by atoms with E-state index in [9.17, 15) is 0 Å². The summed E-state index contributed by atoms with van der Waals surface area (Å²) in [5, 5.41) is 3.13. The van der Waals surface area contributed by atoms with Gasteiger partial charge in [-0.3, -0.25) is 0 Å². The average Bonchev–Trinajstić information content (AvgIpc) is 2.80. The number of benzene rings is 1. The fraction of sp³-hybridized carbons (Fsp3) is 0.412. The molecular weight excluding hydrogens is 250 g/mol. The number of hydrogen-bond acceptors (Lipinski definition) is 3. The minimum Gasteiger partial charge on any atom is -0.486 e. The van der Waals surface area contributed by atoms with E-state index >= 15 is 0 Å². The summed E-state index contributed by atoms with van der Waals surface area (Å²) in [5.74, 6) is 2.70. The number of furan rings is 1. The zero-order valence-corrected chi connectivity index (χ0v) is 12.5. The topological polar surface area (TPSA) is 34.4 Å². The van der Waals surface area contributed by atoms with Gasteiger partial charge in [0.2, 0.25) is 0 Å². The van der Waals surface area contributed by atoms with Crippen LogP contribution in [0.3, 0.4) is 0 Å². The Balaban J connectivity index is 1.92. The van der Waals surface area contributed by atoms with Crippen molar-refractivity contribution in [1.82, 2.24) is 5.32 Å². The molecule has 0 amide bonds. The molecule has 0 atom stereocenters. The Morgan fingerprint density at radius 3 is 2.60 bits per heavy atom. The minimum atomic E-state index is 0.470. The van der Waals surface area contributed by atoms with Crippen LogP contribution in [-0.2, 0) is 19.6 Å². The number of nitrogens with one attached hydrogen (secondary N) is 1. The predicted octanol–water partition coefficient (Wildman–Crippen LogP) is 3.84. The van der Waals surface area contributed by atoms with Crippen molar-refractivity contribution in [3.8, 4) is 5.75 Å². The van der Waals surface area contributed by atoms with E-state index in [0.717, 1.165) is 30.2 Å². The van der Waals surface area contributed by atoms with Crippen molar-refractivity contribution < 1.29 is 9.15 Å². The van der Waals surface area contributed by atoms with Crippen LogP contribution in [0.1, 0.15) is 36.0 Å². The maximum Gasteiger partial charge on any atom is 0.146 e. The molecule has 0 aliphatic carbocycles. The Kier molecular flexibility index (Phi) is 5.24. The van der Waals surface area contributed by atoms with Crippen LogP contribution in [0, 0.1) is 6.92 Å². The lowest BCUT2D eigenvalue weighted by Gasteiger charge is -2.05. The lowest BCUT2D eigenvalue weighted by molar-refractivity contribution is 0.267. The monoisotopic (exact) mass is 273 g/mol. The van der Waals surface area contributed by atoms with Crippen LogP contribution in [0.5, 0.6) is 5.75 Å². The van der Waals surface area contributed by atoms with Gasteiger partial charge >= 0.3 is 0 Å². The first kappa shape index (κ1) is 14.7. The molecule has 1 heterocycles. The second-order valence-electron chi connectivity index (χ2n) is 5.01. The van der Waals surface area contributed by atoms with Crippen molar-refractivity contribution in [3.05, 3.63) is 53.0 Å². The molecule has 1 aromatic heterocycles. The largest absolute Gasteiger partial charge is 0.486 e. The van der Waals surface area contributed by atoms with Crippen LogP contribution in [-0.4, -0.2) is 7.05 Å². The molecule has 0 aliphatic rings. The van der Waals surface area contributed by atoms with E-state index in [1.54, 1.807) is 0 Å². The molecule has 1 aromatic carbocycles. The van der Waals surface area contributed by atoms with E-state index < -0.39 is 0 Å². The molecule has 0 fully saturated rings. The van der Waals surface area contributed by atoms with Crippen molar-refractivity contribution in [1.29, 1.82) is 0 Å². The second kappa shape index (κ2) is 7.15. The molecule has 3 nitrogen and oxygen atoms in total. The molecule has 2 aromatic rings. The van der Waals surface area contributed by atoms with Gasteiger partial charge in [0.05, 0.1) is 0 Å². The molecule has 2 rings (SSSR count). The Bertz CT molecular complexity index is 528. The SMILES string of the molecule is CCCc1ccc(OCc2cc(CNC)c(C)o2)cc1. The van der Waals surface area contributed by atoms with Gasteiger partial charge in [-0.1, -0.05) is 25.5 Å². The number of rotatable bonds is 7. The normalized spacial score (nSPS) is 10.8. The van der Waals surface area contributed by atoms with E-state index in [0.29, 0.717) is 6.61 Å². The third-order valence-corrected chi connectivity index (χ3v) is 3.28. The van der Waals surface area contributed by atoms with Crippen LogP contribution < -0.4 is 10.1 Å². The molecule has 20 heavy (non-hydrogen) atoms. The van der Waals surface area contributed by atoms with Gasteiger partial charge in [-0.2, -0.15) is 0 Å². The van der Waals surface area contributed by atoms with E-state index in [-0.39, 0.29) is 0 Å². The Morgan fingerprint density at radius 1 is 1.20 bits per heavy atom. The Hall–Kier alpha value is -1.74. The highest BCUT2D eigenvalue weighted by atomic mass is 16.5. The molecule has 0 aliphatic heterocycles. The fourth-order valence-electron chi connectivity index (χ4n) is 2.22. The summed E-state index contributed by atoms with van der Waals surface area (Å²) >= 11 is 0. The van der Waals surface area contributed by atoms with Crippen molar-refractivity contribution in [2.75, 3.05) is 7.05 Å². The quantitative estimate of drug-likeness (QED) is 0.832. The Labute approximate surface area is 121 Å². The van der Waals surface area contributed by atoms with E-state index in [4.69, 9.17) is 9.15 Å². The maximum atomic E-state index is 5.76. The van der Waals surface area contributed by atoms with Gasteiger partial charge in [0.1, 0.15) is 23.9 Å². The third-order valence-electron chi connectivity index (χ3n) is 3.28. The molecule has 1 N–H and O–H groups in total. The van der Waals surface area contributed by atoms with E-state index in [1.165, 1.54) is 17.5 Å². The van der Waals surface area contributed by atoms with Gasteiger partial charge in [-0.05, 0) is 44.2 Å². The highest BCUT2D eigenvalue weighted by Gasteiger charge is 2.07. The molecular formula is C17H23NO2. The van der Waals surface area contributed by atoms with Crippen molar-refractivity contribution in [2.24, 2.45) is 0 Å². The summed E-state index contributed by atoms with van der Waals surface area (Å²) in [6, 6.07) is 10.3. The molecule has 0 saturated carbocycles. The number of hydrogen-bond donors (Lipinski definition) is 1. The van der Waals surface area contributed by atoms with Gasteiger partial charge in [-0.15, -0.1) is 0 Å². The van der Waals surface area contributed by atoms with Gasteiger partial charge < -0.3 is 14.5 Å². The first-order chi connectivity index (χ1) is 9.72. The first-order valence-corrected chi connectivity index (χ1v) is 7.17. The van der Waals surface area contributed by atoms with Gasteiger partial charge in [0.25, 0.3) is 0 Å². The molecule has 3 heteroatoms. The second-order valence-corrected chi connectivity index (χ2v) is 5.01. The van der Waals surface area contributed by atoms with Crippen molar-refractivity contribution >= 4 is 0 Å².